The Hall–Kier alpha value is -1.91. The van der Waals surface area contributed by atoms with E-state index in [0.29, 0.717) is 13.1 Å². The Labute approximate surface area is 150 Å². The molecule has 0 saturated carbocycles. The van der Waals surface area contributed by atoms with E-state index < -0.39 is 5.60 Å². The van der Waals surface area contributed by atoms with Gasteiger partial charge in [-0.25, -0.2) is 4.79 Å². The van der Waals surface area contributed by atoms with Gasteiger partial charge in [0.05, 0.1) is 12.2 Å². The molecule has 0 aromatic heterocycles. The lowest BCUT2D eigenvalue weighted by Crippen LogP contribution is -2.38. The van der Waals surface area contributed by atoms with Crippen LogP contribution in [-0.4, -0.2) is 49.4 Å². The molecule has 0 aliphatic carbocycles. The summed E-state index contributed by atoms with van der Waals surface area (Å²) >= 11 is 0. The van der Waals surface area contributed by atoms with Gasteiger partial charge in [0.15, 0.2) is 0 Å². The SMILES string of the molecule is CCCN1CCOc2cc3c(cc21)CCN(C(=O)OC(C)(C)C)CC3. The van der Waals surface area contributed by atoms with Crippen LogP contribution in [0.1, 0.15) is 45.2 Å². The fourth-order valence-corrected chi connectivity index (χ4v) is 3.50. The molecular weight excluding hydrogens is 316 g/mol. The number of hydrogen-bond donors (Lipinski definition) is 0. The third-order valence-electron chi connectivity index (χ3n) is 4.69. The summed E-state index contributed by atoms with van der Waals surface area (Å²) < 4.78 is 11.4. The van der Waals surface area contributed by atoms with Crippen molar-refractivity contribution in [2.75, 3.05) is 37.7 Å². The maximum atomic E-state index is 12.4. The van der Waals surface area contributed by atoms with Crippen LogP contribution in [0.4, 0.5) is 10.5 Å². The first-order chi connectivity index (χ1) is 11.9. The van der Waals surface area contributed by atoms with E-state index in [1.807, 2.05) is 25.7 Å². The van der Waals surface area contributed by atoms with Crippen molar-refractivity contribution in [2.45, 2.75) is 52.6 Å². The zero-order chi connectivity index (χ0) is 18.0. The van der Waals surface area contributed by atoms with Crippen molar-refractivity contribution in [1.29, 1.82) is 0 Å². The second-order valence-electron chi connectivity index (χ2n) is 7.89. The van der Waals surface area contributed by atoms with Crippen LogP contribution in [-0.2, 0) is 17.6 Å². The van der Waals surface area contributed by atoms with E-state index in [2.05, 4.69) is 24.0 Å². The highest BCUT2D eigenvalue weighted by molar-refractivity contribution is 5.69. The first-order valence-electron chi connectivity index (χ1n) is 9.39. The first kappa shape index (κ1) is 17.9. The molecule has 0 fully saturated rings. The van der Waals surface area contributed by atoms with Gasteiger partial charge in [-0.05, 0) is 63.3 Å². The molecule has 3 rings (SSSR count). The number of rotatable bonds is 2. The average molecular weight is 346 g/mol. The van der Waals surface area contributed by atoms with Crippen LogP contribution in [0.15, 0.2) is 12.1 Å². The lowest BCUT2D eigenvalue weighted by Gasteiger charge is -2.32. The van der Waals surface area contributed by atoms with Crippen LogP contribution < -0.4 is 9.64 Å². The van der Waals surface area contributed by atoms with Crippen LogP contribution in [0.25, 0.3) is 0 Å². The molecule has 5 nitrogen and oxygen atoms in total. The number of carbonyl (C=O) groups excluding carboxylic acids is 1. The largest absolute Gasteiger partial charge is 0.490 e. The molecule has 1 amide bonds. The molecule has 0 saturated heterocycles. The molecule has 0 atom stereocenters. The number of fused-ring (bicyclic) bond motifs is 2. The van der Waals surface area contributed by atoms with Crippen molar-refractivity contribution in [2.24, 2.45) is 0 Å². The van der Waals surface area contributed by atoms with Crippen LogP contribution in [0, 0.1) is 0 Å². The van der Waals surface area contributed by atoms with Crippen LogP contribution in [0.2, 0.25) is 0 Å². The minimum absolute atomic E-state index is 0.214. The summed E-state index contributed by atoms with van der Waals surface area (Å²) in [4.78, 5) is 16.6. The average Bonchev–Trinajstić information content (AvgIpc) is 2.74. The summed E-state index contributed by atoms with van der Waals surface area (Å²) in [5.41, 5.74) is 3.38. The molecule has 2 aliphatic heterocycles. The molecule has 5 heteroatoms. The number of ether oxygens (including phenoxy) is 2. The molecular formula is C20H30N2O3. The lowest BCUT2D eigenvalue weighted by molar-refractivity contribution is 0.0258. The molecule has 25 heavy (non-hydrogen) atoms. The summed E-state index contributed by atoms with van der Waals surface area (Å²) in [5.74, 6) is 0.990. The molecule has 2 aliphatic rings. The van der Waals surface area contributed by atoms with E-state index in [9.17, 15) is 4.79 Å². The number of nitrogens with zero attached hydrogens (tertiary/aromatic N) is 2. The number of carbonyl (C=O) groups is 1. The second kappa shape index (κ2) is 7.14. The number of amides is 1. The molecule has 0 bridgehead atoms. The summed E-state index contributed by atoms with van der Waals surface area (Å²) in [6.07, 6.45) is 2.62. The number of hydrogen-bond acceptors (Lipinski definition) is 4. The predicted molar refractivity (Wildman–Crippen MR) is 99.7 cm³/mol. The van der Waals surface area contributed by atoms with Crippen LogP contribution in [0.3, 0.4) is 0 Å². The Morgan fingerprint density at radius 3 is 2.48 bits per heavy atom. The van der Waals surface area contributed by atoms with Crippen molar-refractivity contribution in [3.63, 3.8) is 0 Å². The molecule has 1 aromatic carbocycles. The third-order valence-corrected chi connectivity index (χ3v) is 4.69. The maximum absolute atomic E-state index is 12.4. The van der Waals surface area contributed by atoms with Gasteiger partial charge in [-0.1, -0.05) is 6.92 Å². The van der Waals surface area contributed by atoms with Gasteiger partial charge >= 0.3 is 6.09 Å². The fourth-order valence-electron chi connectivity index (χ4n) is 3.50. The van der Waals surface area contributed by atoms with Gasteiger partial charge in [-0.2, -0.15) is 0 Å². The third kappa shape index (κ3) is 4.20. The van der Waals surface area contributed by atoms with E-state index in [0.717, 1.165) is 44.7 Å². The smallest absolute Gasteiger partial charge is 0.410 e. The topological polar surface area (TPSA) is 42.0 Å². The summed E-state index contributed by atoms with van der Waals surface area (Å²) in [5, 5.41) is 0. The zero-order valence-corrected chi connectivity index (χ0v) is 15.9. The van der Waals surface area contributed by atoms with Gasteiger partial charge in [0.2, 0.25) is 0 Å². The fraction of sp³-hybridized carbons (Fsp3) is 0.650. The standard InChI is InChI=1S/C20H30N2O3/c1-5-8-21-11-12-24-18-14-16-7-10-22(19(23)25-20(2,3)4)9-6-15(16)13-17(18)21/h13-14H,5-12H2,1-4H3. The lowest BCUT2D eigenvalue weighted by atomic mass is 10.0. The minimum Gasteiger partial charge on any atom is -0.490 e. The minimum atomic E-state index is -0.455. The van der Waals surface area contributed by atoms with E-state index in [4.69, 9.17) is 9.47 Å². The predicted octanol–water partition coefficient (Wildman–Crippen LogP) is 3.63. The quantitative estimate of drug-likeness (QED) is 0.820. The molecule has 1 aromatic rings. The number of benzene rings is 1. The normalized spacial score (nSPS) is 17.3. The molecule has 0 radical (unpaired) electrons. The Morgan fingerprint density at radius 2 is 1.84 bits per heavy atom. The van der Waals surface area contributed by atoms with Crippen molar-refractivity contribution in [1.82, 2.24) is 4.90 Å². The Morgan fingerprint density at radius 1 is 1.16 bits per heavy atom. The number of anilines is 1. The van der Waals surface area contributed by atoms with E-state index in [-0.39, 0.29) is 6.09 Å². The van der Waals surface area contributed by atoms with E-state index in [1.165, 1.54) is 16.8 Å². The highest BCUT2D eigenvalue weighted by Crippen LogP contribution is 2.36. The van der Waals surface area contributed by atoms with Gasteiger partial charge in [-0.3, -0.25) is 0 Å². The van der Waals surface area contributed by atoms with Gasteiger partial charge < -0.3 is 19.3 Å². The zero-order valence-electron chi connectivity index (χ0n) is 15.9. The Kier molecular flexibility index (Phi) is 5.11. The van der Waals surface area contributed by atoms with Crippen molar-refractivity contribution in [3.8, 4) is 5.75 Å². The summed E-state index contributed by atoms with van der Waals surface area (Å²) in [7, 11) is 0. The van der Waals surface area contributed by atoms with Gasteiger partial charge in [0, 0.05) is 19.6 Å². The highest BCUT2D eigenvalue weighted by atomic mass is 16.6. The highest BCUT2D eigenvalue weighted by Gasteiger charge is 2.26. The van der Waals surface area contributed by atoms with Gasteiger partial charge in [0.25, 0.3) is 0 Å². The van der Waals surface area contributed by atoms with E-state index in [1.54, 1.807) is 0 Å². The molecule has 2 heterocycles. The Balaban J connectivity index is 1.77. The first-order valence-corrected chi connectivity index (χ1v) is 9.39. The van der Waals surface area contributed by atoms with Crippen molar-refractivity contribution < 1.29 is 14.3 Å². The van der Waals surface area contributed by atoms with Gasteiger partial charge in [0.1, 0.15) is 18.0 Å². The summed E-state index contributed by atoms with van der Waals surface area (Å²) in [6, 6.07) is 4.46. The summed E-state index contributed by atoms with van der Waals surface area (Å²) in [6.45, 7) is 12.1. The van der Waals surface area contributed by atoms with Crippen molar-refractivity contribution in [3.05, 3.63) is 23.3 Å². The molecule has 0 unspecified atom stereocenters. The maximum Gasteiger partial charge on any atom is 0.410 e. The van der Waals surface area contributed by atoms with Crippen molar-refractivity contribution >= 4 is 11.8 Å². The van der Waals surface area contributed by atoms with E-state index >= 15 is 0 Å². The molecule has 0 spiro atoms. The van der Waals surface area contributed by atoms with Gasteiger partial charge in [-0.15, -0.1) is 0 Å². The van der Waals surface area contributed by atoms with Crippen LogP contribution >= 0.6 is 0 Å². The Bertz CT molecular complexity index is 637. The van der Waals surface area contributed by atoms with Crippen LogP contribution in [0.5, 0.6) is 5.75 Å². The molecule has 138 valence electrons. The monoisotopic (exact) mass is 346 g/mol. The second-order valence-corrected chi connectivity index (χ2v) is 7.89. The molecule has 0 N–H and O–H groups in total.